The molecule has 1 nitrogen and oxygen atoms in total. The maximum Gasteiger partial charge on any atom is 1.00 e. The molecule has 1 heterocycles. The number of nitrogens with zero attached hydrogens (tertiary/aromatic N) is 1. The van der Waals surface area contributed by atoms with Crippen LogP contribution >= 0.6 is 0 Å². The van der Waals surface area contributed by atoms with Gasteiger partial charge in [0.1, 0.15) is 0 Å². The van der Waals surface area contributed by atoms with E-state index in [1.807, 2.05) is 19.2 Å². The van der Waals surface area contributed by atoms with Gasteiger partial charge >= 0.3 is 29.6 Å². The minimum absolute atomic E-state index is 0. The van der Waals surface area contributed by atoms with E-state index in [1.54, 1.807) is 0 Å². The molecule has 1 aromatic rings. The van der Waals surface area contributed by atoms with Gasteiger partial charge in [-0.1, -0.05) is 0 Å². The molecule has 0 spiro atoms. The van der Waals surface area contributed by atoms with Crippen molar-refractivity contribution in [2.45, 2.75) is 20.8 Å². The average molecular weight is 145 g/mol. The van der Waals surface area contributed by atoms with Crippen LogP contribution in [0.15, 0.2) is 12.3 Å². The molecule has 2 heteroatoms. The molecule has 50 valence electrons. The van der Waals surface area contributed by atoms with Crippen LogP contribution in [0.2, 0.25) is 0 Å². The molecule has 1 aromatic heterocycles. The van der Waals surface area contributed by atoms with E-state index in [0.717, 1.165) is 5.69 Å². The van der Waals surface area contributed by atoms with Gasteiger partial charge in [0, 0.05) is 11.9 Å². The van der Waals surface area contributed by atoms with Gasteiger partial charge in [0.15, 0.2) is 0 Å². The molecule has 0 aromatic carbocycles. The fourth-order valence-electron chi connectivity index (χ4n) is 0.768. The zero-order valence-electron chi connectivity index (χ0n) is 8.10. The van der Waals surface area contributed by atoms with E-state index < -0.39 is 0 Å². The van der Waals surface area contributed by atoms with Crippen LogP contribution in [0.1, 0.15) is 18.2 Å². The fraction of sp³-hybridized carbons (Fsp3) is 0.375. The van der Waals surface area contributed by atoms with Crippen molar-refractivity contribution in [1.82, 2.24) is 4.98 Å². The molecule has 0 aliphatic rings. The van der Waals surface area contributed by atoms with E-state index in [1.165, 1.54) is 11.1 Å². The van der Waals surface area contributed by atoms with E-state index in [9.17, 15) is 0 Å². The Kier molecular flexibility index (Phi) is 4.18. The summed E-state index contributed by atoms with van der Waals surface area (Å²) >= 11 is 0. The van der Waals surface area contributed by atoms with Gasteiger partial charge < -0.3 is 1.43 Å². The normalized spacial score (nSPS) is 8.70. The van der Waals surface area contributed by atoms with Gasteiger partial charge in [0.25, 0.3) is 0 Å². The standard InChI is InChI=1S/C8H11N.Na.H/c1-6-4-5-9-8(3)7(6)2;;/h4-5H,1-3H3;;/q;+1;-1. The van der Waals surface area contributed by atoms with Gasteiger partial charge in [0.05, 0.1) is 0 Å². The minimum Gasteiger partial charge on any atom is -1.00 e. The van der Waals surface area contributed by atoms with Gasteiger partial charge in [-0.2, -0.15) is 0 Å². The predicted molar refractivity (Wildman–Crippen MR) is 39.6 cm³/mol. The topological polar surface area (TPSA) is 12.9 Å². The van der Waals surface area contributed by atoms with Crippen LogP contribution in [0.3, 0.4) is 0 Å². The molecule has 0 aliphatic heterocycles. The number of aromatic nitrogens is 1. The summed E-state index contributed by atoms with van der Waals surface area (Å²) in [6.45, 7) is 6.23. The second-order valence-corrected chi connectivity index (χ2v) is 2.34. The number of aryl methyl sites for hydroxylation is 2. The minimum atomic E-state index is 0. The van der Waals surface area contributed by atoms with Gasteiger partial charge in [0.2, 0.25) is 0 Å². The van der Waals surface area contributed by atoms with Crippen LogP contribution in [0.5, 0.6) is 0 Å². The molecule has 10 heavy (non-hydrogen) atoms. The second kappa shape index (κ2) is 4.12. The zero-order chi connectivity index (χ0) is 6.85. The van der Waals surface area contributed by atoms with Crippen LogP contribution in [-0.2, 0) is 0 Å². The molecule has 0 unspecified atom stereocenters. The van der Waals surface area contributed by atoms with Crippen LogP contribution in [-0.4, -0.2) is 4.98 Å². The fourth-order valence-corrected chi connectivity index (χ4v) is 0.768. The van der Waals surface area contributed by atoms with Crippen molar-refractivity contribution in [1.29, 1.82) is 0 Å². The molecule has 1 rings (SSSR count). The summed E-state index contributed by atoms with van der Waals surface area (Å²) in [6, 6.07) is 2.03. The average Bonchev–Trinajstić information content (AvgIpc) is 1.83. The number of hydrogen-bond acceptors (Lipinski definition) is 1. The second-order valence-electron chi connectivity index (χ2n) is 2.34. The summed E-state index contributed by atoms with van der Waals surface area (Å²) < 4.78 is 0. The largest absolute Gasteiger partial charge is 1.00 e. The SMILES string of the molecule is Cc1ccnc(C)c1C.[H-].[Na+]. The van der Waals surface area contributed by atoms with E-state index in [2.05, 4.69) is 18.8 Å². The summed E-state index contributed by atoms with van der Waals surface area (Å²) in [5.41, 5.74) is 3.76. The maximum atomic E-state index is 4.14. The van der Waals surface area contributed by atoms with E-state index in [-0.39, 0.29) is 31.0 Å². The Morgan fingerprint density at radius 3 is 2.30 bits per heavy atom. The van der Waals surface area contributed by atoms with E-state index in [0.29, 0.717) is 0 Å². The number of pyridine rings is 1. The molecular formula is C8H12NNa. The van der Waals surface area contributed by atoms with E-state index >= 15 is 0 Å². The Labute approximate surface area is 85.6 Å². The Hall–Kier alpha value is 0.150. The Morgan fingerprint density at radius 2 is 1.90 bits per heavy atom. The molecule has 0 amide bonds. The van der Waals surface area contributed by atoms with Crippen molar-refractivity contribution in [3.05, 3.63) is 29.1 Å². The van der Waals surface area contributed by atoms with Crippen LogP contribution in [0.25, 0.3) is 0 Å². The van der Waals surface area contributed by atoms with Gasteiger partial charge in [-0.05, 0) is 38.0 Å². The molecule has 0 atom stereocenters. The molecule has 0 N–H and O–H groups in total. The molecule has 0 aliphatic carbocycles. The summed E-state index contributed by atoms with van der Waals surface area (Å²) in [6.07, 6.45) is 1.84. The molecule has 0 radical (unpaired) electrons. The molecule has 0 saturated carbocycles. The third-order valence-corrected chi connectivity index (χ3v) is 1.73. The van der Waals surface area contributed by atoms with Crippen molar-refractivity contribution in [2.24, 2.45) is 0 Å². The van der Waals surface area contributed by atoms with Crippen LogP contribution in [0, 0.1) is 20.8 Å². The quantitative estimate of drug-likeness (QED) is 0.432. The van der Waals surface area contributed by atoms with Crippen molar-refractivity contribution < 1.29 is 31.0 Å². The first-order valence-corrected chi connectivity index (χ1v) is 3.10. The van der Waals surface area contributed by atoms with Gasteiger partial charge in [-0.15, -0.1) is 0 Å². The summed E-state index contributed by atoms with van der Waals surface area (Å²) in [5, 5.41) is 0. The first-order valence-electron chi connectivity index (χ1n) is 3.10. The van der Waals surface area contributed by atoms with E-state index in [4.69, 9.17) is 0 Å². The van der Waals surface area contributed by atoms with Crippen molar-refractivity contribution in [2.75, 3.05) is 0 Å². The Morgan fingerprint density at radius 1 is 1.30 bits per heavy atom. The predicted octanol–water partition coefficient (Wildman–Crippen LogP) is -0.877. The zero-order valence-corrected chi connectivity index (χ0v) is 9.10. The smallest absolute Gasteiger partial charge is 1.00 e. The van der Waals surface area contributed by atoms with Crippen molar-refractivity contribution in [3.63, 3.8) is 0 Å². The molecular weight excluding hydrogens is 133 g/mol. The third-order valence-electron chi connectivity index (χ3n) is 1.73. The van der Waals surface area contributed by atoms with Crippen molar-refractivity contribution in [3.8, 4) is 0 Å². The number of rotatable bonds is 0. The van der Waals surface area contributed by atoms with Gasteiger partial charge in [-0.3, -0.25) is 4.98 Å². The summed E-state index contributed by atoms with van der Waals surface area (Å²) in [7, 11) is 0. The first-order chi connectivity index (χ1) is 4.22. The first kappa shape index (κ1) is 10.2. The van der Waals surface area contributed by atoms with Crippen LogP contribution < -0.4 is 29.6 Å². The third kappa shape index (κ3) is 2.08. The Bertz CT molecular complexity index is 205. The summed E-state index contributed by atoms with van der Waals surface area (Å²) in [5.74, 6) is 0. The van der Waals surface area contributed by atoms with Crippen molar-refractivity contribution >= 4 is 0 Å². The molecule has 0 bridgehead atoms. The Balaban J connectivity index is 0. The molecule has 0 saturated heterocycles. The molecule has 0 fully saturated rings. The maximum absolute atomic E-state index is 4.14. The van der Waals surface area contributed by atoms with Crippen LogP contribution in [0.4, 0.5) is 0 Å². The number of hydrogen-bond donors (Lipinski definition) is 0. The van der Waals surface area contributed by atoms with Gasteiger partial charge in [-0.25, -0.2) is 0 Å². The summed E-state index contributed by atoms with van der Waals surface area (Å²) in [4.78, 5) is 4.14. The monoisotopic (exact) mass is 145 g/mol.